The van der Waals surface area contributed by atoms with Gasteiger partial charge in [-0.25, -0.2) is 0 Å². The van der Waals surface area contributed by atoms with Gasteiger partial charge in [-0.3, -0.25) is 4.79 Å². The van der Waals surface area contributed by atoms with Crippen molar-refractivity contribution in [2.24, 2.45) is 0 Å². The van der Waals surface area contributed by atoms with Crippen molar-refractivity contribution in [1.82, 2.24) is 4.90 Å². The van der Waals surface area contributed by atoms with Crippen LogP contribution in [-0.2, 0) is 11.2 Å². The minimum atomic E-state index is 0.0766. The third kappa shape index (κ3) is 2.83. The van der Waals surface area contributed by atoms with E-state index >= 15 is 0 Å². The van der Waals surface area contributed by atoms with Crippen LogP contribution in [0.25, 0.3) is 0 Å². The Morgan fingerprint density at radius 1 is 1.31 bits per heavy atom. The maximum absolute atomic E-state index is 11.9. The van der Waals surface area contributed by atoms with E-state index in [4.69, 9.17) is 5.26 Å². The van der Waals surface area contributed by atoms with Crippen LogP contribution in [0.5, 0.6) is 0 Å². The van der Waals surface area contributed by atoms with Crippen molar-refractivity contribution in [2.75, 3.05) is 13.1 Å². The van der Waals surface area contributed by atoms with Crippen LogP contribution in [0, 0.1) is 11.3 Å². The first-order chi connectivity index (χ1) is 7.72. The van der Waals surface area contributed by atoms with Gasteiger partial charge in [0.15, 0.2) is 0 Å². The minimum Gasteiger partial charge on any atom is -0.343 e. The summed E-state index contributed by atoms with van der Waals surface area (Å²) in [7, 11) is 0. The maximum Gasteiger partial charge on any atom is 0.227 e. The second kappa shape index (κ2) is 5.92. The average molecular weight is 216 g/mol. The highest BCUT2D eigenvalue weighted by Crippen LogP contribution is 2.09. The molecule has 3 heteroatoms. The van der Waals surface area contributed by atoms with Gasteiger partial charge >= 0.3 is 0 Å². The van der Waals surface area contributed by atoms with E-state index in [0.29, 0.717) is 25.1 Å². The highest BCUT2D eigenvalue weighted by atomic mass is 16.2. The summed E-state index contributed by atoms with van der Waals surface area (Å²) in [5.74, 6) is 0.0766. The van der Waals surface area contributed by atoms with Gasteiger partial charge in [-0.15, -0.1) is 0 Å². The van der Waals surface area contributed by atoms with Gasteiger partial charge in [0.05, 0.1) is 18.1 Å². The number of carbonyl (C=O) groups excluding carboxylic acids is 1. The van der Waals surface area contributed by atoms with Gasteiger partial charge in [0.2, 0.25) is 5.91 Å². The molecule has 1 aromatic carbocycles. The molecule has 0 fully saturated rings. The summed E-state index contributed by atoms with van der Waals surface area (Å²) < 4.78 is 0. The Bertz CT molecular complexity index is 403. The molecule has 0 saturated heterocycles. The van der Waals surface area contributed by atoms with Crippen LogP contribution in [0.3, 0.4) is 0 Å². The fourth-order valence-electron chi connectivity index (χ4n) is 1.63. The first kappa shape index (κ1) is 12.3. The van der Waals surface area contributed by atoms with Crippen LogP contribution < -0.4 is 0 Å². The molecule has 0 heterocycles. The fourth-order valence-corrected chi connectivity index (χ4v) is 1.63. The number of likely N-dealkylation sites (N-methyl/N-ethyl adjacent to an activating group) is 1. The number of benzene rings is 1. The molecule has 0 aliphatic carbocycles. The number of nitrogens with zero attached hydrogens (tertiary/aromatic N) is 2. The van der Waals surface area contributed by atoms with E-state index < -0.39 is 0 Å². The summed E-state index contributed by atoms with van der Waals surface area (Å²) in [6, 6.07) is 9.34. The van der Waals surface area contributed by atoms with Gasteiger partial charge < -0.3 is 4.90 Å². The van der Waals surface area contributed by atoms with Gasteiger partial charge in [-0.2, -0.15) is 5.26 Å². The van der Waals surface area contributed by atoms with Gasteiger partial charge in [-0.1, -0.05) is 18.2 Å². The monoisotopic (exact) mass is 216 g/mol. The van der Waals surface area contributed by atoms with E-state index in [2.05, 4.69) is 6.07 Å². The van der Waals surface area contributed by atoms with Gasteiger partial charge in [-0.05, 0) is 25.5 Å². The molecule has 84 valence electrons. The second-order valence-electron chi connectivity index (χ2n) is 3.51. The lowest BCUT2D eigenvalue weighted by Gasteiger charge is -2.18. The lowest BCUT2D eigenvalue weighted by Crippen LogP contribution is -2.31. The molecule has 0 N–H and O–H groups in total. The summed E-state index contributed by atoms with van der Waals surface area (Å²) in [6.45, 7) is 5.34. The Kier molecular flexibility index (Phi) is 4.53. The predicted octanol–water partition coefficient (Wildman–Crippen LogP) is 1.97. The number of rotatable bonds is 4. The van der Waals surface area contributed by atoms with Crippen LogP contribution in [0.4, 0.5) is 0 Å². The maximum atomic E-state index is 11.9. The Balaban J connectivity index is 2.81. The number of carbonyl (C=O) groups is 1. The molecule has 0 unspecified atom stereocenters. The first-order valence-corrected chi connectivity index (χ1v) is 5.48. The zero-order valence-corrected chi connectivity index (χ0v) is 9.73. The Morgan fingerprint density at radius 2 is 1.94 bits per heavy atom. The molecule has 0 bridgehead atoms. The summed E-state index contributed by atoms with van der Waals surface area (Å²) >= 11 is 0. The average Bonchev–Trinajstić information content (AvgIpc) is 2.31. The first-order valence-electron chi connectivity index (χ1n) is 5.48. The Labute approximate surface area is 96.3 Å². The molecule has 0 spiro atoms. The molecule has 0 saturated carbocycles. The normalized spacial score (nSPS) is 9.56. The summed E-state index contributed by atoms with van der Waals surface area (Å²) in [5.41, 5.74) is 1.39. The molecule has 0 aliphatic heterocycles. The van der Waals surface area contributed by atoms with Crippen LogP contribution in [0.2, 0.25) is 0 Å². The van der Waals surface area contributed by atoms with Crippen LogP contribution >= 0.6 is 0 Å². The zero-order chi connectivity index (χ0) is 12.0. The molecular weight excluding hydrogens is 200 g/mol. The third-order valence-electron chi connectivity index (χ3n) is 2.60. The summed E-state index contributed by atoms with van der Waals surface area (Å²) in [5, 5.41) is 8.91. The molecule has 3 nitrogen and oxygen atoms in total. The van der Waals surface area contributed by atoms with E-state index in [9.17, 15) is 4.79 Å². The minimum absolute atomic E-state index is 0.0766. The number of nitriles is 1. The Hall–Kier alpha value is -1.82. The smallest absolute Gasteiger partial charge is 0.227 e. The molecule has 16 heavy (non-hydrogen) atoms. The van der Waals surface area contributed by atoms with Crippen LogP contribution in [0.15, 0.2) is 24.3 Å². The van der Waals surface area contributed by atoms with E-state index in [0.717, 1.165) is 5.56 Å². The molecule has 1 rings (SSSR count). The van der Waals surface area contributed by atoms with Gasteiger partial charge in [0, 0.05) is 13.1 Å². The third-order valence-corrected chi connectivity index (χ3v) is 2.60. The van der Waals surface area contributed by atoms with Crippen molar-refractivity contribution in [3.63, 3.8) is 0 Å². The van der Waals surface area contributed by atoms with Crippen LogP contribution in [0.1, 0.15) is 25.0 Å². The second-order valence-corrected chi connectivity index (χ2v) is 3.51. The van der Waals surface area contributed by atoms with Crippen molar-refractivity contribution in [3.05, 3.63) is 35.4 Å². The van der Waals surface area contributed by atoms with Crippen molar-refractivity contribution in [2.45, 2.75) is 20.3 Å². The zero-order valence-electron chi connectivity index (χ0n) is 9.73. The summed E-state index contributed by atoms with van der Waals surface area (Å²) in [4.78, 5) is 13.6. The number of hydrogen-bond acceptors (Lipinski definition) is 2. The van der Waals surface area contributed by atoms with Crippen LogP contribution in [-0.4, -0.2) is 23.9 Å². The lowest BCUT2D eigenvalue weighted by molar-refractivity contribution is -0.130. The van der Waals surface area contributed by atoms with Crippen molar-refractivity contribution in [3.8, 4) is 6.07 Å². The molecule has 0 aromatic heterocycles. The van der Waals surface area contributed by atoms with Crippen molar-refractivity contribution < 1.29 is 4.79 Å². The molecule has 1 amide bonds. The Morgan fingerprint density at radius 3 is 2.50 bits per heavy atom. The molecular formula is C13H16N2O. The van der Waals surface area contributed by atoms with E-state index in [1.54, 1.807) is 11.0 Å². The standard InChI is InChI=1S/C13H16N2O/c1-3-15(4-2)13(16)9-11-7-5-6-8-12(11)10-14/h5-8H,3-4,9H2,1-2H3. The van der Waals surface area contributed by atoms with Gasteiger partial charge in [0.25, 0.3) is 0 Å². The molecule has 1 aromatic rings. The SMILES string of the molecule is CCN(CC)C(=O)Cc1ccccc1C#N. The van der Waals surface area contributed by atoms with Gasteiger partial charge in [0.1, 0.15) is 0 Å². The highest BCUT2D eigenvalue weighted by Gasteiger charge is 2.12. The molecule has 0 radical (unpaired) electrons. The molecule has 0 aliphatic rings. The van der Waals surface area contributed by atoms with E-state index in [1.165, 1.54) is 0 Å². The van der Waals surface area contributed by atoms with E-state index in [1.807, 2.05) is 32.0 Å². The largest absolute Gasteiger partial charge is 0.343 e. The predicted molar refractivity (Wildman–Crippen MR) is 62.8 cm³/mol. The topological polar surface area (TPSA) is 44.1 Å². The lowest BCUT2D eigenvalue weighted by atomic mass is 10.1. The van der Waals surface area contributed by atoms with Crippen molar-refractivity contribution >= 4 is 5.91 Å². The van der Waals surface area contributed by atoms with Crippen molar-refractivity contribution in [1.29, 1.82) is 5.26 Å². The molecule has 0 atom stereocenters. The highest BCUT2D eigenvalue weighted by molar-refractivity contribution is 5.79. The number of amides is 1. The fraction of sp³-hybridized carbons (Fsp3) is 0.385. The summed E-state index contributed by atoms with van der Waals surface area (Å²) in [6.07, 6.45) is 0.311. The quantitative estimate of drug-likeness (QED) is 0.772. The van der Waals surface area contributed by atoms with E-state index in [-0.39, 0.29) is 5.91 Å². The number of hydrogen-bond donors (Lipinski definition) is 0.